The van der Waals surface area contributed by atoms with Gasteiger partial charge in [-0.05, 0) is 58.9 Å². The predicted molar refractivity (Wildman–Crippen MR) is 121 cm³/mol. The van der Waals surface area contributed by atoms with Crippen molar-refractivity contribution in [3.05, 3.63) is 52.6 Å². The van der Waals surface area contributed by atoms with Crippen molar-refractivity contribution in [1.29, 1.82) is 0 Å². The standard InChI is InChI=1S/C24H25NO9/c1-6-30-22(28)18-10-9-17(33-18)16-12-31-19-11-14(7-8-15(19)20(16)26)32-21(27)13(2)25-23(29)34-24(3,4)5/h7-13H,6H2,1-5H3,(H,25,29)/t13-/m0/s1. The lowest BCUT2D eigenvalue weighted by Gasteiger charge is -2.21. The molecule has 0 aliphatic rings. The first kappa shape index (κ1) is 24.6. The van der Waals surface area contributed by atoms with Crippen LogP contribution in [0.1, 0.15) is 45.2 Å². The first-order valence-electron chi connectivity index (χ1n) is 10.5. The van der Waals surface area contributed by atoms with E-state index in [4.69, 9.17) is 23.0 Å². The Morgan fingerprint density at radius 2 is 1.85 bits per heavy atom. The first-order chi connectivity index (χ1) is 16.0. The summed E-state index contributed by atoms with van der Waals surface area (Å²) in [6.45, 7) is 8.42. The van der Waals surface area contributed by atoms with Crippen LogP contribution in [0.2, 0.25) is 0 Å². The molecule has 3 aromatic rings. The predicted octanol–water partition coefficient (Wildman–Crippen LogP) is 4.05. The van der Waals surface area contributed by atoms with Crippen molar-refractivity contribution < 1.29 is 37.4 Å². The van der Waals surface area contributed by atoms with Gasteiger partial charge in [-0.15, -0.1) is 0 Å². The molecular weight excluding hydrogens is 446 g/mol. The van der Waals surface area contributed by atoms with E-state index in [9.17, 15) is 19.2 Å². The Balaban J connectivity index is 1.76. The molecule has 0 saturated carbocycles. The van der Waals surface area contributed by atoms with Gasteiger partial charge in [-0.25, -0.2) is 14.4 Å². The van der Waals surface area contributed by atoms with Gasteiger partial charge in [0.2, 0.25) is 11.2 Å². The van der Waals surface area contributed by atoms with Crippen LogP contribution >= 0.6 is 0 Å². The highest BCUT2D eigenvalue weighted by atomic mass is 16.6. The Labute approximate surface area is 194 Å². The summed E-state index contributed by atoms with van der Waals surface area (Å²) in [4.78, 5) is 48.9. The Kier molecular flexibility index (Phi) is 7.09. The van der Waals surface area contributed by atoms with Crippen molar-refractivity contribution in [3.63, 3.8) is 0 Å². The van der Waals surface area contributed by atoms with Gasteiger partial charge in [0, 0.05) is 6.07 Å². The summed E-state index contributed by atoms with van der Waals surface area (Å²) >= 11 is 0. The number of carbonyl (C=O) groups is 3. The summed E-state index contributed by atoms with van der Waals surface area (Å²) in [5, 5.41) is 2.61. The van der Waals surface area contributed by atoms with E-state index in [0.717, 1.165) is 0 Å². The van der Waals surface area contributed by atoms with Gasteiger partial charge in [0.05, 0.1) is 12.0 Å². The van der Waals surface area contributed by atoms with E-state index in [0.29, 0.717) is 0 Å². The van der Waals surface area contributed by atoms with E-state index in [1.807, 2.05) is 0 Å². The van der Waals surface area contributed by atoms with Gasteiger partial charge in [-0.1, -0.05) is 0 Å². The molecule has 2 heterocycles. The van der Waals surface area contributed by atoms with Crippen LogP contribution in [0, 0.1) is 0 Å². The lowest BCUT2D eigenvalue weighted by Crippen LogP contribution is -2.43. The van der Waals surface area contributed by atoms with Gasteiger partial charge in [0.1, 0.15) is 40.6 Å². The molecule has 0 aliphatic heterocycles. The molecule has 0 radical (unpaired) electrons. The van der Waals surface area contributed by atoms with Gasteiger partial charge < -0.3 is 28.4 Å². The largest absolute Gasteiger partial charge is 0.463 e. The van der Waals surface area contributed by atoms with Gasteiger partial charge >= 0.3 is 18.0 Å². The van der Waals surface area contributed by atoms with E-state index < -0.39 is 35.1 Å². The van der Waals surface area contributed by atoms with E-state index >= 15 is 0 Å². The molecule has 2 aromatic heterocycles. The van der Waals surface area contributed by atoms with Crippen LogP contribution < -0.4 is 15.5 Å². The Morgan fingerprint density at radius 3 is 2.53 bits per heavy atom. The summed E-state index contributed by atoms with van der Waals surface area (Å²) in [5.74, 6) is -1.13. The number of furan rings is 1. The normalized spacial score (nSPS) is 12.1. The fourth-order valence-electron chi connectivity index (χ4n) is 2.88. The number of amides is 1. The number of carbonyl (C=O) groups excluding carboxylic acids is 3. The molecule has 1 amide bonds. The number of benzene rings is 1. The molecule has 10 heteroatoms. The summed E-state index contributed by atoms with van der Waals surface area (Å²) in [5.41, 5.74) is -0.825. The molecule has 0 spiro atoms. The minimum absolute atomic E-state index is 0.0345. The minimum Gasteiger partial charge on any atom is -0.463 e. The van der Waals surface area contributed by atoms with Crippen molar-refractivity contribution in [1.82, 2.24) is 5.32 Å². The molecule has 1 N–H and O–H groups in total. The highest BCUT2D eigenvalue weighted by molar-refractivity contribution is 5.88. The Bertz CT molecular complexity index is 1280. The second kappa shape index (κ2) is 9.82. The molecule has 0 saturated heterocycles. The highest BCUT2D eigenvalue weighted by Gasteiger charge is 2.23. The maximum atomic E-state index is 12.9. The van der Waals surface area contributed by atoms with Crippen LogP contribution in [0.4, 0.5) is 4.79 Å². The van der Waals surface area contributed by atoms with E-state index in [-0.39, 0.29) is 40.4 Å². The van der Waals surface area contributed by atoms with E-state index in [1.165, 1.54) is 43.5 Å². The fraction of sp³-hybridized carbons (Fsp3) is 0.333. The van der Waals surface area contributed by atoms with E-state index in [2.05, 4.69) is 5.32 Å². The molecule has 34 heavy (non-hydrogen) atoms. The van der Waals surface area contributed by atoms with Gasteiger partial charge in [-0.3, -0.25) is 4.79 Å². The van der Waals surface area contributed by atoms with Crippen LogP contribution in [-0.4, -0.2) is 36.3 Å². The second-order valence-corrected chi connectivity index (χ2v) is 8.31. The van der Waals surface area contributed by atoms with Crippen molar-refractivity contribution >= 4 is 29.0 Å². The monoisotopic (exact) mass is 471 g/mol. The Hall–Kier alpha value is -4.08. The third-order valence-electron chi connectivity index (χ3n) is 4.40. The minimum atomic E-state index is -0.979. The maximum Gasteiger partial charge on any atom is 0.408 e. The molecule has 1 aromatic carbocycles. The number of hydrogen-bond acceptors (Lipinski definition) is 9. The van der Waals surface area contributed by atoms with E-state index in [1.54, 1.807) is 27.7 Å². The average Bonchev–Trinajstić information content (AvgIpc) is 3.22. The molecule has 1 atom stereocenters. The van der Waals surface area contributed by atoms with Crippen molar-refractivity contribution in [3.8, 4) is 17.1 Å². The quantitative estimate of drug-likeness (QED) is 0.417. The molecule has 0 aliphatic carbocycles. The molecular formula is C24H25NO9. The molecule has 0 fully saturated rings. The summed E-state index contributed by atoms with van der Waals surface area (Å²) in [6, 6.07) is 6.14. The zero-order chi connectivity index (χ0) is 25.0. The van der Waals surface area contributed by atoms with Gasteiger partial charge in [0.25, 0.3) is 0 Å². The van der Waals surface area contributed by atoms with Gasteiger partial charge in [0.15, 0.2) is 0 Å². The van der Waals surface area contributed by atoms with Crippen molar-refractivity contribution in [2.75, 3.05) is 6.61 Å². The van der Waals surface area contributed by atoms with Crippen molar-refractivity contribution in [2.45, 2.75) is 46.3 Å². The third kappa shape index (κ3) is 5.83. The fourth-order valence-corrected chi connectivity index (χ4v) is 2.88. The molecule has 0 bridgehead atoms. The molecule has 10 nitrogen and oxygen atoms in total. The smallest absolute Gasteiger partial charge is 0.408 e. The van der Waals surface area contributed by atoms with Crippen LogP contribution in [-0.2, 0) is 14.3 Å². The first-order valence-corrected chi connectivity index (χ1v) is 10.5. The lowest BCUT2D eigenvalue weighted by atomic mass is 10.1. The highest BCUT2D eigenvalue weighted by Crippen LogP contribution is 2.25. The zero-order valence-corrected chi connectivity index (χ0v) is 19.4. The average molecular weight is 471 g/mol. The molecule has 180 valence electrons. The summed E-state index contributed by atoms with van der Waals surface area (Å²) in [7, 11) is 0. The Morgan fingerprint density at radius 1 is 1.12 bits per heavy atom. The SMILES string of the molecule is CCOC(=O)c1ccc(-c2coc3cc(OC(=O)[C@H](C)NC(=O)OC(C)(C)C)ccc3c2=O)o1. The van der Waals surface area contributed by atoms with Crippen molar-refractivity contribution in [2.24, 2.45) is 0 Å². The number of alkyl carbamates (subject to hydrolysis) is 1. The topological polar surface area (TPSA) is 134 Å². The number of ether oxygens (including phenoxy) is 3. The number of hydrogen-bond donors (Lipinski definition) is 1. The summed E-state index contributed by atoms with van der Waals surface area (Å²) < 4.78 is 26.2. The molecule has 3 rings (SSSR count). The number of esters is 2. The van der Waals surface area contributed by atoms with Crippen LogP contribution in [0.25, 0.3) is 22.3 Å². The van der Waals surface area contributed by atoms with Crippen LogP contribution in [0.3, 0.4) is 0 Å². The maximum absolute atomic E-state index is 12.9. The number of nitrogens with one attached hydrogen (secondary N) is 1. The second-order valence-electron chi connectivity index (χ2n) is 8.31. The number of fused-ring (bicyclic) bond motifs is 1. The third-order valence-corrected chi connectivity index (χ3v) is 4.40. The van der Waals surface area contributed by atoms with Crippen LogP contribution in [0.5, 0.6) is 5.75 Å². The number of rotatable bonds is 6. The summed E-state index contributed by atoms with van der Waals surface area (Å²) in [6.07, 6.45) is 0.439. The molecule has 0 unspecified atom stereocenters. The lowest BCUT2D eigenvalue weighted by molar-refractivity contribution is -0.136. The van der Waals surface area contributed by atoms with Gasteiger partial charge in [-0.2, -0.15) is 0 Å². The zero-order valence-electron chi connectivity index (χ0n) is 19.4. The van der Waals surface area contributed by atoms with Crippen LogP contribution in [0.15, 0.2) is 50.2 Å².